The zero-order valence-corrected chi connectivity index (χ0v) is 9.35. The summed E-state index contributed by atoms with van der Waals surface area (Å²) in [4.78, 5) is 10.9. The van der Waals surface area contributed by atoms with Crippen LogP contribution < -0.4 is 5.73 Å². The molecule has 0 bridgehead atoms. The molecular weight excluding hydrogens is 263 g/mol. The molecule has 0 atom stereocenters. The van der Waals surface area contributed by atoms with Crippen molar-refractivity contribution in [2.45, 2.75) is 6.18 Å². The molecule has 1 aromatic carbocycles. The van der Waals surface area contributed by atoms with E-state index in [9.17, 15) is 18.0 Å². The van der Waals surface area contributed by atoms with Crippen LogP contribution in [0.2, 0.25) is 0 Å². The summed E-state index contributed by atoms with van der Waals surface area (Å²) in [5.74, 6) is -1.26. The molecule has 0 unspecified atom stereocenters. The number of rotatable bonds is 2. The van der Waals surface area contributed by atoms with Crippen LogP contribution in [0, 0.1) is 0 Å². The van der Waals surface area contributed by atoms with Gasteiger partial charge in [-0.2, -0.15) is 18.3 Å². The van der Waals surface area contributed by atoms with E-state index in [0.29, 0.717) is 6.20 Å². The Morgan fingerprint density at radius 3 is 2.58 bits per heavy atom. The quantitative estimate of drug-likeness (QED) is 0.820. The number of hydrogen-bond donors (Lipinski definition) is 2. The topological polar surface area (TPSA) is 81.1 Å². The minimum atomic E-state index is -4.52. The summed E-state index contributed by atoms with van der Waals surface area (Å²) in [5, 5.41) is 12.4. The number of aromatic carboxylic acids is 1. The summed E-state index contributed by atoms with van der Waals surface area (Å²) >= 11 is 0. The maximum atomic E-state index is 12.4. The number of carboxylic acids is 1. The number of nitrogen functional groups attached to an aromatic ring is 1. The summed E-state index contributed by atoms with van der Waals surface area (Å²) in [5.41, 5.74) is 4.41. The highest BCUT2D eigenvalue weighted by molar-refractivity contribution is 5.95. The Bertz CT molecular complexity index is 634. The first kappa shape index (κ1) is 12.9. The number of alkyl halides is 3. The molecule has 0 aliphatic carbocycles. The number of aromatic nitrogens is 2. The first-order valence-corrected chi connectivity index (χ1v) is 5.04. The van der Waals surface area contributed by atoms with Crippen LogP contribution in [0.3, 0.4) is 0 Å². The minimum absolute atomic E-state index is 0.0791. The fraction of sp³-hybridized carbons (Fsp3) is 0.0909. The van der Waals surface area contributed by atoms with Gasteiger partial charge in [-0.3, -0.25) is 0 Å². The second kappa shape index (κ2) is 4.30. The van der Waals surface area contributed by atoms with Crippen LogP contribution in [0.25, 0.3) is 5.69 Å². The third-order valence-electron chi connectivity index (χ3n) is 2.47. The molecule has 0 radical (unpaired) electrons. The van der Waals surface area contributed by atoms with Gasteiger partial charge in [0.15, 0.2) is 0 Å². The lowest BCUT2D eigenvalue weighted by Gasteiger charge is -2.08. The zero-order chi connectivity index (χ0) is 14.2. The average molecular weight is 271 g/mol. The van der Waals surface area contributed by atoms with Crippen LogP contribution in [-0.4, -0.2) is 20.9 Å². The second-order valence-corrected chi connectivity index (χ2v) is 3.71. The summed E-state index contributed by atoms with van der Waals surface area (Å²) in [6, 6.07) is 4.02. The summed E-state index contributed by atoms with van der Waals surface area (Å²) in [7, 11) is 0. The van der Waals surface area contributed by atoms with Gasteiger partial charge in [-0.15, -0.1) is 0 Å². The lowest BCUT2D eigenvalue weighted by molar-refractivity contribution is -0.137. The van der Waals surface area contributed by atoms with E-state index in [1.54, 1.807) is 0 Å². The van der Waals surface area contributed by atoms with E-state index in [1.807, 2.05) is 0 Å². The third kappa shape index (κ3) is 2.37. The molecule has 100 valence electrons. The van der Waals surface area contributed by atoms with Gasteiger partial charge in [0.25, 0.3) is 0 Å². The first-order valence-electron chi connectivity index (χ1n) is 5.04. The molecule has 19 heavy (non-hydrogen) atoms. The highest BCUT2D eigenvalue weighted by atomic mass is 19.4. The summed E-state index contributed by atoms with van der Waals surface area (Å²) < 4.78 is 38.2. The van der Waals surface area contributed by atoms with Crippen LogP contribution >= 0.6 is 0 Å². The molecule has 0 aliphatic heterocycles. The molecule has 1 heterocycles. The Labute approximate surface area is 105 Å². The molecule has 5 nitrogen and oxygen atoms in total. The molecule has 2 aromatic rings. The van der Waals surface area contributed by atoms with E-state index in [-0.39, 0.29) is 16.9 Å². The van der Waals surface area contributed by atoms with Crippen molar-refractivity contribution < 1.29 is 23.1 Å². The van der Waals surface area contributed by atoms with Crippen molar-refractivity contribution in [2.24, 2.45) is 0 Å². The van der Waals surface area contributed by atoms with Crippen LogP contribution in [0.1, 0.15) is 15.9 Å². The predicted molar refractivity (Wildman–Crippen MR) is 59.9 cm³/mol. The van der Waals surface area contributed by atoms with Gasteiger partial charge in [0.1, 0.15) is 0 Å². The van der Waals surface area contributed by atoms with Crippen molar-refractivity contribution in [3.05, 3.63) is 41.7 Å². The van der Waals surface area contributed by atoms with Gasteiger partial charge in [0.05, 0.1) is 28.7 Å². The van der Waals surface area contributed by atoms with Crippen molar-refractivity contribution in [3.63, 3.8) is 0 Å². The molecule has 2 rings (SSSR count). The van der Waals surface area contributed by atoms with Crippen LogP contribution in [0.4, 0.5) is 18.9 Å². The number of nitrogens with two attached hydrogens (primary N) is 1. The van der Waals surface area contributed by atoms with E-state index >= 15 is 0 Å². The molecule has 0 amide bonds. The SMILES string of the molecule is Nc1c(C(=O)O)cccc1-n1cc(C(F)(F)F)cn1. The minimum Gasteiger partial charge on any atom is -0.478 e. The van der Waals surface area contributed by atoms with Crippen molar-refractivity contribution >= 4 is 11.7 Å². The Balaban J connectivity index is 2.51. The van der Waals surface area contributed by atoms with E-state index in [2.05, 4.69) is 5.10 Å². The maximum Gasteiger partial charge on any atom is 0.419 e. The van der Waals surface area contributed by atoms with E-state index in [1.165, 1.54) is 18.2 Å². The smallest absolute Gasteiger partial charge is 0.419 e. The highest BCUT2D eigenvalue weighted by Gasteiger charge is 2.32. The largest absolute Gasteiger partial charge is 0.478 e. The van der Waals surface area contributed by atoms with Crippen LogP contribution in [-0.2, 0) is 6.18 Å². The predicted octanol–water partition coefficient (Wildman–Crippen LogP) is 2.17. The van der Waals surface area contributed by atoms with Crippen molar-refractivity contribution in [1.82, 2.24) is 9.78 Å². The maximum absolute atomic E-state index is 12.4. The monoisotopic (exact) mass is 271 g/mol. The van der Waals surface area contributed by atoms with Crippen molar-refractivity contribution in [1.29, 1.82) is 0 Å². The fourth-order valence-corrected chi connectivity index (χ4v) is 1.54. The molecule has 0 saturated heterocycles. The van der Waals surface area contributed by atoms with E-state index in [4.69, 9.17) is 10.8 Å². The van der Waals surface area contributed by atoms with Gasteiger partial charge >= 0.3 is 12.1 Å². The normalized spacial score (nSPS) is 11.5. The molecule has 0 aliphatic rings. The van der Waals surface area contributed by atoms with Gasteiger partial charge in [-0.25, -0.2) is 9.48 Å². The van der Waals surface area contributed by atoms with E-state index < -0.39 is 17.7 Å². The fourth-order valence-electron chi connectivity index (χ4n) is 1.54. The molecule has 8 heteroatoms. The second-order valence-electron chi connectivity index (χ2n) is 3.71. The number of carboxylic acid groups (broad SMARTS) is 1. The van der Waals surface area contributed by atoms with Gasteiger partial charge < -0.3 is 10.8 Å². The zero-order valence-electron chi connectivity index (χ0n) is 9.35. The highest BCUT2D eigenvalue weighted by Crippen LogP contribution is 2.30. The van der Waals surface area contributed by atoms with Gasteiger partial charge in [0.2, 0.25) is 0 Å². The van der Waals surface area contributed by atoms with Gasteiger partial charge in [-0.05, 0) is 12.1 Å². The molecule has 3 N–H and O–H groups in total. The molecule has 0 saturated carbocycles. The number of nitrogens with zero attached hydrogens (tertiary/aromatic N) is 2. The number of benzene rings is 1. The van der Waals surface area contributed by atoms with Crippen LogP contribution in [0.15, 0.2) is 30.6 Å². The van der Waals surface area contributed by atoms with Crippen LogP contribution in [0.5, 0.6) is 0 Å². The standard InChI is InChI=1S/C11H8F3N3O2/c12-11(13,14)6-4-16-17(5-6)8-3-1-2-7(9(8)15)10(18)19/h1-5H,15H2,(H,18,19). The number of para-hydroxylation sites is 1. The average Bonchev–Trinajstić information content (AvgIpc) is 2.77. The summed E-state index contributed by atoms with van der Waals surface area (Å²) in [6.45, 7) is 0. The third-order valence-corrected chi connectivity index (χ3v) is 2.47. The van der Waals surface area contributed by atoms with Gasteiger partial charge in [0, 0.05) is 6.20 Å². The number of hydrogen-bond acceptors (Lipinski definition) is 3. The van der Waals surface area contributed by atoms with Crippen molar-refractivity contribution in [2.75, 3.05) is 5.73 Å². The Morgan fingerprint density at radius 1 is 1.37 bits per heavy atom. The summed E-state index contributed by atoms with van der Waals surface area (Å²) in [6.07, 6.45) is -3.12. The van der Waals surface area contributed by atoms with Crippen molar-refractivity contribution in [3.8, 4) is 5.69 Å². The molecule has 0 fully saturated rings. The number of anilines is 1. The lowest BCUT2D eigenvalue weighted by atomic mass is 10.1. The number of carbonyl (C=O) groups is 1. The molecule has 1 aromatic heterocycles. The number of halogens is 3. The Kier molecular flexibility index (Phi) is 2.93. The first-order chi connectivity index (χ1) is 8.80. The molecule has 0 spiro atoms. The molecular formula is C11H8F3N3O2. The Morgan fingerprint density at radius 2 is 2.05 bits per heavy atom. The van der Waals surface area contributed by atoms with E-state index in [0.717, 1.165) is 10.9 Å². The lowest BCUT2D eigenvalue weighted by Crippen LogP contribution is -2.08. The Hall–Kier alpha value is -2.51. The van der Waals surface area contributed by atoms with Gasteiger partial charge in [-0.1, -0.05) is 6.07 Å².